The Morgan fingerprint density at radius 2 is 1.45 bits per heavy atom. The molecule has 0 radical (unpaired) electrons. The van der Waals surface area contributed by atoms with Crippen molar-refractivity contribution in [2.45, 2.75) is 19.1 Å². The molecule has 0 heterocycles. The van der Waals surface area contributed by atoms with Gasteiger partial charge in [-0.15, -0.1) is 0 Å². The van der Waals surface area contributed by atoms with E-state index in [1.54, 1.807) is 31.4 Å². The number of hydrogen-bond donors (Lipinski definition) is 1. The SMILES string of the molecule is COc1ccc(CC(=O)N[C@H](c2ccccc2)c2ccc(OC(F)F)cc2)cc1. The van der Waals surface area contributed by atoms with E-state index >= 15 is 0 Å². The summed E-state index contributed by atoms with van der Waals surface area (Å²) in [5, 5.41) is 3.03. The number of benzene rings is 3. The minimum absolute atomic E-state index is 0.0696. The van der Waals surface area contributed by atoms with Gasteiger partial charge in [0.05, 0.1) is 19.6 Å². The van der Waals surface area contributed by atoms with Crippen molar-refractivity contribution in [1.82, 2.24) is 5.32 Å². The predicted molar refractivity (Wildman–Crippen MR) is 106 cm³/mol. The van der Waals surface area contributed by atoms with Crippen LogP contribution in [-0.2, 0) is 11.2 Å². The molecule has 0 unspecified atom stereocenters. The summed E-state index contributed by atoms with van der Waals surface area (Å²) >= 11 is 0. The maximum Gasteiger partial charge on any atom is 0.387 e. The molecule has 6 heteroatoms. The van der Waals surface area contributed by atoms with E-state index in [1.807, 2.05) is 42.5 Å². The molecular weight excluding hydrogens is 376 g/mol. The van der Waals surface area contributed by atoms with E-state index in [1.165, 1.54) is 12.1 Å². The first-order valence-electron chi connectivity index (χ1n) is 9.07. The third kappa shape index (κ3) is 5.78. The molecule has 4 nitrogen and oxygen atoms in total. The van der Waals surface area contributed by atoms with Crippen molar-refractivity contribution in [3.8, 4) is 11.5 Å². The second kappa shape index (κ2) is 9.68. The summed E-state index contributed by atoms with van der Waals surface area (Å²) in [4.78, 5) is 12.7. The number of nitrogens with one attached hydrogen (secondary N) is 1. The Morgan fingerprint density at radius 1 is 0.862 bits per heavy atom. The van der Waals surface area contributed by atoms with Crippen LogP contribution in [0.4, 0.5) is 8.78 Å². The minimum Gasteiger partial charge on any atom is -0.497 e. The van der Waals surface area contributed by atoms with E-state index < -0.39 is 12.7 Å². The molecule has 29 heavy (non-hydrogen) atoms. The van der Waals surface area contributed by atoms with Crippen molar-refractivity contribution >= 4 is 5.91 Å². The molecule has 3 aromatic carbocycles. The standard InChI is InChI=1S/C23H21F2NO3/c1-28-19-11-7-16(8-12-19)15-21(27)26-22(17-5-3-2-4-6-17)18-9-13-20(14-10-18)29-23(24)25/h2-14,22-23H,15H2,1H3,(H,26,27)/t22-/m1/s1. The highest BCUT2D eigenvalue weighted by Crippen LogP contribution is 2.25. The van der Waals surface area contributed by atoms with Crippen molar-refractivity contribution in [3.05, 3.63) is 95.6 Å². The fourth-order valence-corrected chi connectivity index (χ4v) is 2.99. The summed E-state index contributed by atoms with van der Waals surface area (Å²) in [6, 6.07) is 22.6. The molecule has 0 bridgehead atoms. The predicted octanol–water partition coefficient (Wildman–Crippen LogP) is 4.74. The maximum absolute atomic E-state index is 12.7. The van der Waals surface area contributed by atoms with Crippen LogP contribution in [0.2, 0.25) is 0 Å². The van der Waals surface area contributed by atoms with E-state index in [0.29, 0.717) is 0 Å². The number of alkyl halides is 2. The average Bonchev–Trinajstić information content (AvgIpc) is 2.73. The molecule has 3 aromatic rings. The average molecular weight is 397 g/mol. The number of halogens is 2. The van der Waals surface area contributed by atoms with Crippen LogP contribution in [0, 0.1) is 0 Å². The Morgan fingerprint density at radius 3 is 2.03 bits per heavy atom. The van der Waals surface area contributed by atoms with Crippen molar-refractivity contribution in [1.29, 1.82) is 0 Å². The van der Waals surface area contributed by atoms with Crippen LogP contribution in [0.5, 0.6) is 11.5 Å². The molecule has 150 valence electrons. The first kappa shape index (κ1) is 20.3. The highest BCUT2D eigenvalue weighted by molar-refractivity contribution is 5.79. The molecule has 0 aliphatic heterocycles. The van der Waals surface area contributed by atoms with Crippen molar-refractivity contribution in [2.75, 3.05) is 7.11 Å². The summed E-state index contributed by atoms with van der Waals surface area (Å²) in [7, 11) is 1.59. The summed E-state index contributed by atoms with van der Waals surface area (Å²) in [6.07, 6.45) is 0.208. The van der Waals surface area contributed by atoms with E-state index in [-0.39, 0.29) is 18.1 Å². The molecule has 0 fully saturated rings. The topological polar surface area (TPSA) is 47.6 Å². The largest absolute Gasteiger partial charge is 0.497 e. The quantitative estimate of drug-likeness (QED) is 0.597. The van der Waals surface area contributed by atoms with Crippen LogP contribution in [0.1, 0.15) is 22.7 Å². The second-order valence-corrected chi connectivity index (χ2v) is 6.38. The molecule has 0 saturated heterocycles. The Hall–Kier alpha value is -3.41. The van der Waals surface area contributed by atoms with Gasteiger partial charge >= 0.3 is 6.61 Å². The highest BCUT2D eigenvalue weighted by atomic mass is 19.3. The molecule has 1 atom stereocenters. The zero-order valence-corrected chi connectivity index (χ0v) is 15.8. The normalized spacial score (nSPS) is 11.7. The van der Waals surface area contributed by atoms with Crippen LogP contribution in [-0.4, -0.2) is 19.6 Å². The van der Waals surface area contributed by atoms with E-state index in [4.69, 9.17) is 4.74 Å². The summed E-state index contributed by atoms with van der Waals surface area (Å²) in [5.74, 6) is 0.638. The first-order valence-corrected chi connectivity index (χ1v) is 9.07. The van der Waals surface area contributed by atoms with Crippen molar-refractivity contribution in [3.63, 3.8) is 0 Å². The minimum atomic E-state index is -2.88. The lowest BCUT2D eigenvalue weighted by atomic mass is 9.98. The van der Waals surface area contributed by atoms with Gasteiger partial charge in [-0.3, -0.25) is 4.79 Å². The molecule has 0 aliphatic rings. The molecule has 3 rings (SSSR count). The van der Waals surface area contributed by atoms with Gasteiger partial charge in [0.25, 0.3) is 0 Å². The first-order chi connectivity index (χ1) is 14.0. The molecule has 0 aromatic heterocycles. The van der Waals surface area contributed by atoms with Crippen LogP contribution < -0.4 is 14.8 Å². The summed E-state index contributed by atoms with van der Waals surface area (Å²) in [6.45, 7) is -2.88. The smallest absolute Gasteiger partial charge is 0.387 e. The monoisotopic (exact) mass is 397 g/mol. The highest BCUT2D eigenvalue weighted by Gasteiger charge is 2.17. The van der Waals surface area contributed by atoms with Crippen molar-refractivity contribution in [2.24, 2.45) is 0 Å². The number of ether oxygens (including phenoxy) is 2. The lowest BCUT2D eigenvalue weighted by molar-refractivity contribution is -0.120. The third-order valence-electron chi connectivity index (χ3n) is 4.40. The maximum atomic E-state index is 12.7. The third-order valence-corrected chi connectivity index (χ3v) is 4.40. The van der Waals surface area contributed by atoms with Gasteiger partial charge in [0.1, 0.15) is 11.5 Å². The molecule has 0 aliphatic carbocycles. The van der Waals surface area contributed by atoms with Gasteiger partial charge in [-0.05, 0) is 41.0 Å². The molecule has 1 N–H and O–H groups in total. The van der Waals surface area contributed by atoms with Gasteiger partial charge in [0, 0.05) is 0 Å². The van der Waals surface area contributed by atoms with Crippen LogP contribution in [0.15, 0.2) is 78.9 Å². The van der Waals surface area contributed by atoms with E-state index in [0.717, 1.165) is 22.4 Å². The van der Waals surface area contributed by atoms with Gasteiger partial charge in [-0.1, -0.05) is 54.6 Å². The Kier molecular flexibility index (Phi) is 6.79. The van der Waals surface area contributed by atoms with Gasteiger partial charge in [-0.2, -0.15) is 8.78 Å². The van der Waals surface area contributed by atoms with Crippen LogP contribution in [0.25, 0.3) is 0 Å². The fraction of sp³-hybridized carbons (Fsp3) is 0.174. The number of amides is 1. The number of carbonyl (C=O) groups excluding carboxylic acids is 1. The van der Waals surface area contributed by atoms with Crippen molar-refractivity contribution < 1.29 is 23.0 Å². The van der Waals surface area contributed by atoms with E-state index in [9.17, 15) is 13.6 Å². The van der Waals surface area contributed by atoms with Gasteiger partial charge in [0.15, 0.2) is 0 Å². The Labute approximate surface area is 168 Å². The summed E-state index contributed by atoms with van der Waals surface area (Å²) in [5.41, 5.74) is 2.51. The van der Waals surface area contributed by atoms with Crippen LogP contribution >= 0.6 is 0 Å². The molecule has 0 spiro atoms. The molecule has 0 saturated carbocycles. The zero-order chi connectivity index (χ0) is 20.6. The molecular formula is C23H21F2NO3. The molecule has 1 amide bonds. The van der Waals surface area contributed by atoms with Gasteiger partial charge < -0.3 is 14.8 Å². The fourth-order valence-electron chi connectivity index (χ4n) is 2.99. The Bertz CT molecular complexity index is 913. The number of rotatable bonds is 8. The number of hydrogen-bond acceptors (Lipinski definition) is 3. The summed E-state index contributed by atoms with van der Waals surface area (Å²) < 4.78 is 34.3. The Balaban J connectivity index is 1.77. The van der Waals surface area contributed by atoms with Gasteiger partial charge in [-0.25, -0.2) is 0 Å². The number of carbonyl (C=O) groups is 1. The number of methoxy groups -OCH3 is 1. The lowest BCUT2D eigenvalue weighted by Gasteiger charge is -2.20. The lowest BCUT2D eigenvalue weighted by Crippen LogP contribution is -2.30. The van der Waals surface area contributed by atoms with E-state index in [2.05, 4.69) is 10.1 Å². The zero-order valence-electron chi connectivity index (χ0n) is 15.8. The second-order valence-electron chi connectivity index (χ2n) is 6.38. The van der Waals surface area contributed by atoms with Crippen LogP contribution in [0.3, 0.4) is 0 Å². The van der Waals surface area contributed by atoms with Gasteiger partial charge in [0.2, 0.25) is 5.91 Å².